The Morgan fingerprint density at radius 2 is 1.86 bits per heavy atom. The van der Waals surface area contributed by atoms with Crippen LogP contribution in [0.1, 0.15) is 23.2 Å². The van der Waals surface area contributed by atoms with E-state index in [1.807, 2.05) is 6.07 Å². The first-order valence-corrected chi connectivity index (χ1v) is 4.53. The van der Waals surface area contributed by atoms with Gasteiger partial charge in [0.2, 0.25) is 0 Å². The molecule has 1 aliphatic carbocycles. The van der Waals surface area contributed by atoms with Crippen LogP contribution < -0.4 is 0 Å². The Labute approximate surface area is 81.7 Å². The van der Waals surface area contributed by atoms with Crippen LogP contribution in [0.2, 0.25) is 0 Å². The van der Waals surface area contributed by atoms with E-state index < -0.39 is 0 Å². The van der Waals surface area contributed by atoms with Gasteiger partial charge in [0, 0.05) is 12.8 Å². The molecule has 72 valence electrons. The Hall–Kier alpha value is -1.64. The van der Waals surface area contributed by atoms with Crippen LogP contribution in [0.25, 0.3) is 0 Å². The van der Waals surface area contributed by atoms with Gasteiger partial charge in [0.25, 0.3) is 0 Å². The van der Waals surface area contributed by atoms with Gasteiger partial charge >= 0.3 is 5.97 Å². The molecule has 0 saturated heterocycles. The first kappa shape index (κ1) is 8.94. The molecule has 0 bridgehead atoms. The fourth-order valence-electron chi connectivity index (χ4n) is 1.33. The van der Waals surface area contributed by atoms with Gasteiger partial charge in [-0.15, -0.1) is 0 Å². The maximum atomic E-state index is 11.4. The van der Waals surface area contributed by atoms with Crippen molar-refractivity contribution in [1.29, 1.82) is 0 Å². The average Bonchev–Trinajstić information content (AvgIpc) is 2.17. The van der Waals surface area contributed by atoms with Gasteiger partial charge in [0.15, 0.2) is 0 Å². The molecule has 14 heavy (non-hydrogen) atoms. The minimum Gasteiger partial charge on any atom is -0.458 e. The molecule has 0 aromatic heterocycles. The third kappa shape index (κ3) is 1.82. The summed E-state index contributed by atoms with van der Waals surface area (Å²) in [7, 11) is 0. The zero-order valence-electron chi connectivity index (χ0n) is 7.60. The van der Waals surface area contributed by atoms with E-state index in [4.69, 9.17) is 4.74 Å². The zero-order chi connectivity index (χ0) is 9.97. The third-order valence-electron chi connectivity index (χ3n) is 2.19. The molecular formula is C11H10O3. The van der Waals surface area contributed by atoms with Crippen molar-refractivity contribution >= 4 is 11.8 Å². The first-order valence-electron chi connectivity index (χ1n) is 4.53. The average molecular weight is 190 g/mol. The van der Waals surface area contributed by atoms with Crippen LogP contribution in [0.5, 0.6) is 0 Å². The van der Waals surface area contributed by atoms with Gasteiger partial charge < -0.3 is 4.74 Å². The predicted molar refractivity (Wildman–Crippen MR) is 49.9 cm³/mol. The lowest BCUT2D eigenvalue weighted by molar-refractivity contribution is -0.130. The van der Waals surface area contributed by atoms with Crippen LogP contribution in [0.4, 0.5) is 0 Å². The van der Waals surface area contributed by atoms with Crippen molar-refractivity contribution in [3.05, 3.63) is 35.9 Å². The highest BCUT2D eigenvalue weighted by Crippen LogP contribution is 2.19. The van der Waals surface area contributed by atoms with Gasteiger partial charge in [-0.05, 0) is 12.1 Å². The minimum absolute atomic E-state index is 0.163. The maximum absolute atomic E-state index is 11.4. The normalized spacial score (nSPS) is 16.1. The van der Waals surface area contributed by atoms with E-state index in [9.17, 15) is 9.59 Å². The molecule has 0 spiro atoms. The molecule has 1 aliphatic rings. The van der Waals surface area contributed by atoms with Crippen LogP contribution >= 0.6 is 0 Å². The van der Waals surface area contributed by atoms with Crippen molar-refractivity contribution in [2.75, 3.05) is 0 Å². The molecule has 0 N–H and O–H groups in total. The Bertz CT molecular complexity index is 348. The second-order valence-corrected chi connectivity index (χ2v) is 3.34. The molecule has 1 aromatic rings. The molecule has 2 rings (SSSR count). The number of esters is 1. The fraction of sp³-hybridized carbons (Fsp3) is 0.273. The largest absolute Gasteiger partial charge is 0.458 e. The number of carbonyl (C=O) groups is 2. The second kappa shape index (κ2) is 3.62. The number of ether oxygens (including phenoxy) is 1. The monoisotopic (exact) mass is 190 g/mol. The minimum atomic E-state index is -0.344. The molecule has 3 heteroatoms. The Balaban J connectivity index is 1.93. The molecule has 1 aromatic carbocycles. The molecule has 0 radical (unpaired) electrons. The zero-order valence-corrected chi connectivity index (χ0v) is 7.60. The van der Waals surface area contributed by atoms with Gasteiger partial charge in [-0.25, -0.2) is 4.79 Å². The van der Waals surface area contributed by atoms with Gasteiger partial charge in [0.05, 0.1) is 5.56 Å². The quantitative estimate of drug-likeness (QED) is 0.665. The number of Topliss-reactive ketones (excluding diaryl/α,β-unsaturated/α-hetero) is 1. The maximum Gasteiger partial charge on any atom is 0.338 e. The Morgan fingerprint density at radius 3 is 2.43 bits per heavy atom. The van der Waals surface area contributed by atoms with E-state index in [-0.39, 0.29) is 17.9 Å². The highest BCUT2D eigenvalue weighted by atomic mass is 16.5. The number of hydrogen-bond donors (Lipinski definition) is 0. The van der Waals surface area contributed by atoms with E-state index >= 15 is 0 Å². The van der Waals surface area contributed by atoms with Crippen LogP contribution in [0.15, 0.2) is 30.3 Å². The van der Waals surface area contributed by atoms with Gasteiger partial charge in [-0.3, -0.25) is 4.79 Å². The topological polar surface area (TPSA) is 43.4 Å². The highest BCUT2D eigenvalue weighted by Gasteiger charge is 2.30. The summed E-state index contributed by atoms with van der Waals surface area (Å²) in [4.78, 5) is 22.1. The molecule has 1 saturated carbocycles. The number of benzene rings is 1. The third-order valence-corrected chi connectivity index (χ3v) is 2.19. The van der Waals surface area contributed by atoms with Crippen molar-refractivity contribution < 1.29 is 14.3 Å². The predicted octanol–water partition coefficient (Wildman–Crippen LogP) is 1.57. The van der Waals surface area contributed by atoms with Crippen molar-refractivity contribution in [2.45, 2.75) is 18.9 Å². The van der Waals surface area contributed by atoms with Crippen molar-refractivity contribution in [2.24, 2.45) is 0 Å². The number of carbonyl (C=O) groups excluding carboxylic acids is 2. The summed E-state index contributed by atoms with van der Waals surface area (Å²) in [6.07, 6.45) is 0.548. The Kier molecular flexibility index (Phi) is 2.31. The van der Waals surface area contributed by atoms with E-state index in [2.05, 4.69) is 0 Å². The summed E-state index contributed by atoms with van der Waals surface area (Å²) in [5.74, 6) is -0.182. The number of rotatable bonds is 2. The summed E-state index contributed by atoms with van der Waals surface area (Å²) in [6, 6.07) is 8.79. The van der Waals surface area contributed by atoms with Crippen molar-refractivity contribution in [3.63, 3.8) is 0 Å². The molecule has 0 atom stereocenters. The smallest absolute Gasteiger partial charge is 0.338 e. The van der Waals surface area contributed by atoms with Crippen LogP contribution in [0.3, 0.4) is 0 Å². The lowest BCUT2D eigenvalue weighted by atomic mass is 9.94. The molecular weight excluding hydrogens is 180 g/mol. The van der Waals surface area contributed by atoms with Gasteiger partial charge in [0.1, 0.15) is 11.9 Å². The van der Waals surface area contributed by atoms with E-state index in [0.29, 0.717) is 18.4 Å². The van der Waals surface area contributed by atoms with Gasteiger partial charge in [-0.2, -0.15) is 0 Å². The Morgan fingerprint density at radius 1 is 1.21 bits per heavy atom. The van der Waals surface area contributed by atoms with Crippen LogP contribution in [-0.4, -0.2) is 17.9 Å². The van der Waals surface area contributed by atoms with Gasteiger partial charge in [-0.1, -0.05) is 18.2 Å². The lowest BCUT2D eigenvalue weighted by Gasteiger charge is -2.23. The highest BCUT2D eigenvalue weighted by molar-refractivity contribution is 5.91. The molecule has 1 fully saturated rings. The summed E-state index contributed by atoms with van der Waals surface area (Å²) in [6.45, 7) is 0. The van der Waals surface area contributed by atoms with E-state index in [1.165, 1.54) is 0 Å². The van der Waals surface area contributed by atoms with E-state index in [1.54, 1.807) is 24.3 Å². The summed E-state index contributed by atoms with van der Waals surface area (Å²) in [5, 5.41) is 0. The standard InChI is InChI=1S/C11H10O3/c12-9-6-10(7-9)14-11(13)8-4-2-1-3-5-8/h1-5,10H,6-7H2. The SMILES string of the molecule is O=C1CC(OC(=O)c2ccccc2)C1. The fourth-order valence-corrected chi connectivity index (χ4v) is 1.33. The van der Waals surface area contributed by atoms with Crippen molar-refractivity contribution in [1.82, 2.24) is 0 Å². The van der Waals surface area contributed by atoms with Crippen LogP contribution in [0, 0.1) is 0 Å². The molecule has 0 amide bonds. The number of ketones is 1. The number of hydrogen-bond acceptors (Lipinski definition) is 3. The second-order valence-electron chi connectivity index (χ2n) is 3.34. The molecule has 3 nitrogen and oxygen atoms in total. The summed E-state index contributed by atoms with van der Waals surface area (Å²) in [5.41, 5.74) is 0.534. The first-order chi connectivity index (χ1) is 6.75. The molecule has 0 heterocycles. The lowest BCUT2D eigenvalue weighted by Crippen LogP contribution is -2.33. The summed E-state index contributed by atoms with van der Waals surface area (Å²) < 4.78 is 5.08. The summed E-state index contributed by atoms with van der Waals surface area (Å²) >= 11 is 0. The van der Waals surface area contributed by atoms with Crippen molar-refractivity contribution in [3.8, 4) is 0 Å². The van der Waals surface area contributed by atoms with Crippen LogP contribution in [-0.2, 0) is 9.53 Å². The van der Waals surface area contributed by atoms with E-state index in [0.717, 1.165) is 0 Å². The molecule has 0 unspecified atom stereocenters. The molecule has 0 aliphatic heterocycles.